The lowest BCUT2D eigenvalue weighted by Gasteiger charge is -2.24. The highest BCUT2D eigenvalue weighted by Gasteiger charge is 2.24. The molecule has 0 unspecified atom stereocenters. The van der Waals surface area contributed by atoms with Gasteiger partial charge in [-0.2, -0.15) is 0 Å². The minimum absolute atomic E-state index is 0.0524. The van der Waals surface area contributed by atoms with Crippen molar-refractivity contribution in [2.24, 2.45) is 0 Å². The van der Waals surface area contributed by atoms with Crippen LogP contribution >= 0.6 is 0 Å². The first-order valence-corrected chi connectivity index (χ1v) is 9.77. The molecule has 3 N–H and O–H groups in total. The van der Waals surface area contributed by atoms with Crippen molar-refractivity contribution >= 4 is 23.0 Å². The van der Waals surface area contributed by atoms with E-state index in [-0.39, 0.29) is 11.8 Å². The summed E-state index contributed by atoms with van der Waals surface area (Å²) in [5, 5.41) is 3.16. The fourth-order valence-corrected chi connectivity index (χ4v) is 3.88. The quantitative estimate of drug-likeness (QED) is 0.643. The molecule has 0 saturated carbocycles. The molecular formula is C24H25N3O. The molecule has 28 heavy (non-hydrogen) atoms. The van der Waals surface area contributed by atoms with Gasteiger partial charge in [0.25, 0.3) is 0 Å². The zero-order chi connectivity index (χ0) is 19.3. The van der Waals surface area contributed by atoms with Crippen molar-refractivity contribution in [2.45, 2.75) is 18.8 Å². The van der Waals surface area contributed by atoms with E-state index in [0.29, 0.717) is 5.69 Å². The van der Waals surface area contributed by atoms with E-state index in [1.807, 2.05) is 78.9 Å². The largest absolute Gasteiger partial charge is 0.399 e. The number of nitrogens with one attached hydrogen (secondary N) is 1. The molecule has 0 atom stereocenters. The molecule has 1 heterocycles. The standard InChI is InChI=1S/C24H25N3O/c25-20-13-14-22(27-15-7-8-16-27)21(17-20)26-24(28)23(18-9-3-1-4-10-18)19-11-5-2-6-12-19/h1-6,9-14,17,23H,7-8,15-16,25H2,(H,26,28). The summed E-state index contributed by atoms with van der Waals surface area (Å²) in [6, 6.07) is 25.6. The van der Waals surface area contributed by atoms with Crippen molar-refractivity contribution in [2.75, 3.05) is 29.0 Å². The van der Waals surface area contributed by atoms with Crippen LogP contribution in [0.5, 0.6) is 0 Å². The van der Waals surface area contributed by atoms with E-state index >= 15 is 0 Å². The Morgan fingerprint density at radius 1 is 0.857 bits per heavy atom. The molecule has 3 aromatic carbocycles. The minimum Gasteiger partial charge on any atom is -0.399 e. The van der Waals surface area contributed by atoms with E-state index in [2.05, 4.69) is 10.2 Å². The van der Waals surface area contributed by atoms with Gasteiger partial charge in [-0.15, -0.1) is 0 Å². The SMILES string of the molecule is Nc1ccc(N2CCCC2)c(NC(=O)C(c2ccccc2)c2ccccc2)c1. The van der Waals surface area contributed by atoms with E-state index < -0.39 is 0 Å². The molecule has 4 nitrogen and oxygen atoms in total. The third-order valence-corrected chi connectivity index (χ3v) is 5.25. The fraction of sp³-hybridized carbons (Fsp3) is 0.208. The summed E-state index contributed by atoms with van der Waals surface area (Å²) < 4.78 is 0. The number of hydrogen-bond acceptors (Lipinski definition) is 3. The third-order valence-electron chi connectivity index (χ3n) is 5.25. The highest BCUT2D eigenvalue weighted by atomic mass is 16.1. The number of hydrogen-bond donors (Lipinski definition) is 2. The van der Waals surface area contributed by atoms with Crippen LogP contribution in [0.2, 0.25) is 0 Å². The lowest BCUT2D eigenvalue weighted by atomic mass is 9.90. The van der Waals surface area contributed by atoms with Gasteiger partial charge in [-0.3, -0.25) is 4.79 Å². The Balaban J connectivity index is 1.68. The smallest absolute Gasteiger partial charge is 0.236 e. The van der Waals surface area contributed by atoms with Gasteiger partial charge in [0.15, 0.2) is 0 Å². The third kappa shape index (κ3) is 3.86. The number of amides is 1. The molecule has 0 spiro atoms. The molecule has 0 bridgehead atoms. The number of benzene rings is 3. The van der Waals surface area contributed by atoms with Crippen LogP contribution in [0.3, 0.4) is 0 Å². The normalized spacial score (nSPS) is 13.7. The second kappa shape index (κ2) is 8.17. The maximum Gasteiger partial charge on any atom is 0.236 e. The number of carbonyl (C=O) groups is 1. The van der Waals surface area contributed by atoms with Crippen molar-refractivity contribution in [3.8, 4) is 0 Å². The fourth-order valence-electron chi connectivity index (χ4n) is 3.88. The van der Waals surface area contributed by atoms with Gasteiger partial charge in [0.05, 0.1) is 17.3 Å². The highest BCUT2D eigenvalue weighted by Crippen LogP contribution is 2.33. The number of carbonyl (C=O) groups excluding carboxylic acids is 1. The Bertz CT molecular complexity index is 895. The topological polar surface area (TPSA) is 58.4 Å². The van der Waals surface area contributed by atoms with Gasteiger partial charge in [-0.05, 0) is 42.2 Å². The molecule has 1 aliphatic rings. The molecule has 0 aliphatic carbocycles. The highest BCUT2D eigenvalue weighted by molar-refractivity contribution is 6.01. The van der Waals surface area contributed by atoms with Crippen LogP contribution in [0.25, 0.3) is 0 Å². The second-order valence-electron chi connectivity index (χ2n) is 7.21. The van der Waals surface area contributed by atoms with E-state index in [1.165, 1.54) is 12.8 Å². The first kappa shape index (κ1) is 18.1. The molecule has 4 rings (SSSR count). The Kier molecular flexibility index (Phi) is 5.29. The van der Waals surface area contributed by atoms with Crippen molar-refractivity contribution < 1.29 is 4.79 Å². The molecule has 4 heteroatoms. The number of nitrogens with two attached hydrogens (primary N) is 1. The average Bonchev–Trinajstić information content (AvgIpc) is 3.24. The molecular weight excluding hydrogens is 346 g/mol. The van der Waals surface area contributed by atoms with Gasteiger partial charge in [-0.1, -0.05) is 60.7 Å². The van der Waals surface area contributed by atoms with Crippen LogP contribution in [0.15, 0.2) is 78.9 Å². The molecule has 1 fully saturated rings. The summed E-state index contributed by atoms with van der Waals surface area (Å²) in [6.07, 6.45) is 2.35. The van der Waals surface area contributed by atoms with Gasteiger partial charge in [0.2, 0.25) is 5.91 Å². The maximum atomic E-state index is 13.4. The Morgan fingerprint density at radius 3 is 2.00 bits per heavy atom. The molecule has 1 aliphatic heterocycles. The number of nitrogen functional groups attached to an aromatic ring is 1. The Labute approximate surface area is 166 Å². The van der Waals surface area contributed by atoms with Crippen LogP contribution in [-0.4, -0.2) is 19.0 Å². The van der Waals surface area contributed by atoms with Crippen LogP contribution < -0.4 is 16.0 Å². The van der Waals surface area contributed by atoms with Gasteiger partial charge in [0, 0.05) is 18.8 Å². The van der Waals surface area contributed by atoms with Gasteiger partial charge in [-0.25, -0.2) is 0 Å². The monoisotopic (exact) mass is 371 g/mol. The Hall–Kier alpha value is -3.27. The number of rotatable bonds is 5. The summed E-state index contributed by atoms with van der Waals surface area (Å²) >= 11 is 0. The van der Waals surface area contributed by atoms with Gasteiger partial charge < -0.3 is 16.0 Å². The average molecular weight is 371 g/mol. The second-order valence-corrected chi connectivity index (χ2v) is 7.21. The van der Waals surface area contributed by atoms with Crippen molar-refractivity contribution in [1.29, 1.82) is 0 Å². The van der Waals surface area contributed by atoms with Crippen molar-refractivity contribution in [3.05, 3.63) is 90.0 Å². The lowest BCUT2D eigenvalue weighted by molar-refractivity contribution is -0.116. The van der Waals surface area contributed by atoms with E-state index in [9.17, 15) is 4.79 Å². The zero-order valence-corrected chi connectivity index (χ0v) is 15.8. The molecule has 0 radical (unpaired) electrons. The first-order valence-electron chi connectivity index (χ1n) is 9.77. The van der Waals surface area contributed by atoms with Crippen molar-refractivity contribution in [3.63, 3.8) is 0 Å². The van der Waals surface area contributed by atoms with E-state index in [1.54, 1.807) is 0 Å². The summed E-state index contributed by atoms with van der Waals surface area (Å²) in [6.45, 7) is 2.02. The molecule has 142 valence electrons. The van der Waals surface area contributed by atoms with Crippen molar-refractivity contribution in [1.82, 2.24) is 0 Å². The van der Waals surface area contributed by atoms with E-state index in [4.69, 9.17) is 5.73 Å². The molecule has 1 saturated heterocycles. The van der Waals surface area contributed by atoms with Gasteiger partial charge in [0.1, 0.15) is 0 Å². The van der Waals surface area contributed by atoms with Gasteiger partial charge >= 0.3 is 0 Å². The zero-order valence-electron chi connectivity index (χ0n) is 15.8. The van der Waals surface area contributed by atoms with Crippen LogP contribution in [0, 0.1) is 0 Å². The lowest BCUT2D eigenvalue weighted by Crippen LogP contribution is -2.25. The van der Waals surface area contributed by atoms with Crippen LogP contribution in [-0.2, 0) is 4.79 Å². The Morgan fingerprint density at radius 2 is 1.43 bits per heavy atom. The minimum atomic E-state index is -0.379. The summed E-state index contributed by atoms with van der Waals surface area (Å²) in [4.78, 5) is 15.7. The van der Waals surface area contributed by atoms with E-state index in [0.717, 1.165) is 35.6 Å². The predicted molar refractivity (Wildman–Crippen MR) is 116 cm³/mol. The first-order chi connectivity index (χ1) is 13.7. The summed E-state index contributed by atoms with van der Waals surface area (Å²) in [7, 11) is 0. The van der Waals surface area contributed by atoms with Crippen LogP contribution in [0.4, 0.5) is 17.1 Å². The maximum absolute atomic E-state index is 13.4. The summed E-state index contributed by atoms with van der Waals surface area (Å²) in [5.74, 6) is -0.432. The number of nitrogens with zero attached hydrogens (tertiary/aromatic N) is 1. The molecule has 0 aromatic heterocycles. The summed E-state index contributed by atoms with van der Waals surface area (Å²) in [5.41, 5.74) is 10.4. The molecule has 3 aromatic rings. The van der Waals surface area contributed by atoms with Crippen LogP contribution in [0.1, 0.15) is 29.9 Å². The molecule has 1 amide bonds. The number of anilines is 3. The predicted octanol–water partition coefficient (Wildman–Crippen LogP) is 4.64.